The number of hydrogen-bond acceptors (Lipinski definition) is 2. The highest BCUT2D eigenvalue weighted by Crippen LogP contribution is 2.15. The predicted molar refractivity (Wildman–Crippen MR) is 97.8 cm³/mol. The Balaban J connectivity index is 1.60. The summed E-state index contributed by atoms with van der Waals surface area (Å²) in [5.74, 6) is 0.108. The second-order valence-corrected chi connectivity index (χ2v) is 6.08. The largest absolute Gasteiger partial charge is 0.356 e. The van der Waals surface area contributed by atoms with E-state index in [1.165, 1.54) is 23.3 Å². The van der Waals surface area contributed by atoms with E-state index in [9.17, 15) is 9.59 Å². The maximum atomic E-state index is 11.8. The van der Waals surface area contributed by atoms with Crippen LogP contribution in [0.15, 0.2) is 42.5 Å². The van der Waals surface area contributed by atoms with Crippen molar-refractivity contribution in [2.24, 2.45) is 0 Å². The van der Waals surface area contributed by atoms with Gasteiger partial charge in [-0.25, -0.2) is 0 Å². The third kappa shape index (κ3) is 6.41. The van der Waals surface area contributed by atoms with Gasteiger partial charge in [0, 0.05) is 26.4 Å². The van der Waals surface area contributed by atoms with Crippen LogP contribution in [-0.2, 0) is 16.0 Å². The number of benzene rings is 2. The van der Waals surface area contributed by atoms with Crippen LogP contribution in [0.5, 0.6) is 0 Å². The summed E-state index contributed by atoms with van der Waals surface area (Å²) >= 11 is 0. The molecule has 2 amide bonds. The van der Waals surface area contributed by atoms with Gasteiger partial charge in [-0.15, -0.1) is 0 Å². The number of nitrogens with one attached hydrogen (secondary N) is 2. The maximum absolute atomic E-state index is 11.8. The van der Waals surface area contributed by atoms with Crippen molar-refractivity contribution in [2.45, 2.75) is 39.0 Å². The van der Waals surface area contributed by atoms with E-state index in [0.29, 0.717) is 19.5 Å². The summed E-state index contributed by atoms with van der Waals surface area (Å²) < 4.78 is 0. The van der Waals surface area contributed by atoms with Crippen LogP contribution in [0.25, 0.3) is 10.8 Å². The van der Waals surface area contributed by atoms with Crippen molar-refractivity contribution in [1.82, 2.24) is 10.6 Å². The molecule has 0 fully saturated rings. The molecule has 0 saturated carbocycles. The van der Waals surface area contributed by atoms with Gasteiger partial charge in [0.1, 0.15) is 0 Å². The molecule has 0 aliphatic rings. The van der Waals surface area contributed by atoms with E-state index in [1.54, 1.807) is 0 Å². The minimum Gasteiger partial charge on any atom is -0.356 e. The summed E-state index contributed by atoms with van der Waals surface area (Å²) in [6, 6.07) is 14.7. The molecule has 0 saturated heterocycles. The van der Waals surface area contributed by atoms with Crippen LogP contribution < -0.4 is 10.6 Å². The molecule has 0 aliphatic carbocycles. The molecule has 0 unspecified atom stereocenters. The monoisotopic (exact) mass is 326 g/mol. The molecule has 0 heterocycles. The normalized spacial score (nSPS) is 10.5. The Morgan fingerprint density at radius 3 is 2.46 bits per heavy atom. The van der Waals surface area contributed by atoms with Gasteiger partial charge in [-0.3, -0.25) is 9.59 Å². The minimum atomic E-state index is 0.00133. The summed E-state index contributed by atoms with van der Waals surface area (Å²) in [6.45, 7) is 2.88. The number of amides is 2. The minimum absolute atomic E-state index is 0.00133. The summed E-state index contributed by atoms with van der Waals surface area (Å²) in [5.41, 5.74) is 1.24. The number of rotatable bonds is 9. The molecule has 2 aromatic rings. The third-order valence-electron chi connectivity index (χ3n) is 4.00. The van der Waals surface area contributed by atoms with E-state index >= 15 is 0 Å². The highest BCUT2D eigenvalue weighted by molar-refractivity contribution is 5.83. The van der Waals surface area contributed by atoms with E-state index < -0.39 is 0 Å². The second kappa shape index (κ2) is 9.71. The zero-order chi connectivity index (χ0) is 17.2. The Morgan fingerprint density at radius 1 is 0.875 bits per heavy atom. The van der Waals surface area contributed by atoms with Crippen molar-refractivity contribution >= 4 is 22.6 Å². The molecule has 4 nitrogen and oxygen atoms in total. The first-order valence-corrected chi connectivity index (χ1v) is 8.64. The van der Waals surface area contributed by atoms with E-state index in [-0.39, 0.29) is 11.8 Å². The molecule has 0 aliphatic heterocycles. The van der Waals surface area contributed by atoms with E-state index in [1.807, 2.05) is 12.1 Å². The van der Waals surface area contributed by atoms with Crippen molar-refractivity contribution in [3.05, 3.63) is 48.0 Å². The highest BCUT2D eigenvalue weighted by atomic mass is 16.2. The average molecular weight is 326 g/mol. The standard InChI is InChI=1S/C20H26N2O2/c1-16(23)21-13-6-2-3-9-20(24)22-14-12-17-10-11-18-7-4-5-8-19(18)15-17/h4-5,7-8,10-11,15H,2-3,6,9,12-14H2,1H3,(H,21,23)(H,22,24). The van der Waals surface area contributed by atoms with Crippen LogP contribution in [0.3, 0.4) is 0 Å². The van der Waals surface area contributed by atoms with Crippen molar-refractivity contribution in [3.63, 3.8) is 0 Å². The van der Waals surface area contributed by atoms with Crippen molar-refractivity contribution in [1.29, 1.82) is 0 Å². The average Bonchev–Trinajstić information content (AvgIpc) is 2.57. The Kier molecular flexibility index (Phi) is 7.27. The molecule has 0 spiro atoms. The smallest absolute Gasteiger partial charge is 0.220 e. The first-order chi connectivity index (χ1) is 11.6. The van der Waals surface area contributed by atoms with Crippen LogP contribution in [0.1, 0.15) is 38.2 Å². The lowest BCUT2D eigenvalue weighted by molar-refractivity contribution is -0.121. The van der Waals surface area contributed by atoms with Crippen molar-refractivity contribution in [2.75, 3.05) is 13.1 Å². The van der Waals surface area contributed by atoms with Gasteiger partial charge in [0.2, 0.25) is 11.8 Å². The van der Waals surface area contributed by atoms with E-state index in [2.05, 4.69) is 41.0 Å². The molecular formula is C20H26N2O2. The SMILES string of the molecule is CC(=O)NCCCCCC(=O)NCCc1ccc2ccccc2c1. The van der Waals surface area contributed by atoms with Gasteiger partial charge in [-0.05, 0) is 35.6 Å². The topological polar surface area (TPSA) is 58.2 Å². The van der Waals surface area contributed by atoms with Crippen molar-refractivity contribution in [3.8, 4) is 0 Å². The second-order valence-electron chi connectivity index (χ2n) is 6.08. The molecule has 2 rings (SSSR count). The molecule has 4 heteroatoms. The molecule has 24 heavy (non-hydrogen) atoms. The fourth-order valence-corrected chi connectivity index (χ4v) is 2.68. The van der Waals surface area contributed by atoms with Gasteiger partial charge in [0.15, 0.2) is 0 Å². The summed E-state index contributed by atoms with van der Waals surface area (Å²) in [4.78, 5) is 22.5. The van der Waals surface area contributed by atoms with E-state index in [0.717, 1.165) is 25.7 Å². The summed E-state index contributed by atoms with van der Waals surface area (Å²) in [6.07, 6.45) is 4.14. The fraction of sp³-hybridized carbons (Fsp3) is 0.400. The van der Waals surface area contributed by atoms with Crippen LogP contribution in [0.2, 0.25) is 0 Å². The van der Waals surface area contributed by atoms with Crippen LogP contribution >= 0.6 is 0 Å². The maximum Gasteiger partial charge on any atom is 0.220 e. The number of unbranched alkanes of at least 4 members (excludes halogenated alkanes) is 2. The van der Waals surface area contributed by atoms with Gasteiger partial charge >= 0.3 is 0 Å². The summed E-state index contributed by atoms with van der Waals surface area (Å²) in [7, 11) is 0. The van der Waals surface area contributed by atoms with E-state index in [4.69, 9.17) is 0 Å². The molecule has 0 bridgehead atoms. The number of hydrogen-bond donors (Lipinski definition) is 2. The van der Waals surface area contributed by atoms with Crippen LogP contribution in [-0.4, -0.2) is 24.9 Å². The highest BCUT2D eigenvalue weighted by Gasteiger charge is 2.02. The fourth-order valence-electron chi connectivity index (χ4n) is 2.68. The number of fused-ring (bicyclic) bond motifs is 1. The van der Waals surface area contributed by atoms with Gasteiger partial charge < -0.3 is 10.6 Å². The Hall–Kier alpha value is -2.36. The number of carbonyl (C=O) groups is 2. The van der Waals surface area contributed by atoms with Gasteiger partial charge in [-0.2, -0.15) is 0 Å². The first kappa shape index (κ1) is 18.0. The molecule has 2 N–H and O–H groups in total. The van der Waals surface area contributed by atoms with Gasteiger partial charge in [0.25, 0.3) is 0 Å². The quantitative estimate of drug-likeness (QED) is 0.695. The van der Waals surface area contributed by atoms with Crippen LogP contribution in [0.4, 0.5) is 0 Å². The Labute approximate surface area is 143 Å². The predicted octanol–water partition coefficient (Wildman–Crippen LogP) is 3.20. The lowest BCUT2D eigenvalue weighted by atomic mass is 10.1. The Morgan fingerprint density at radius 2 is 1.67 bits per heavy atom. The Bertz CT molecular complexity index is 682. The lowest BCUT2D eigenvalue weighted by Crippen LogP contribution is -2.25. The first-order valence-electron chi connectivity index (χ1n) is 8.64. The lowest BCUT2D eigenvalue weighted by Gasteiger charge is -2.07. The molecule has 0 aromatic heterocycles. The van der Waals surface area contributed by atoms with Gasteiger partial charge in [0.05, 0.1) is 0 Å². The number of carbonyl (C=O) groups excluding carboxylic acids is 2. The molecular weight excluding hydrogens is 300 g/mol. The zero-order valence-electron chi connectivity index (χ0n) is 14.3. The molecule has 2 aromatic carbocycles. The molecule has 0 radical (unpaired) electrons. The van der Waals surface area contributed by atoms with Gasteiger partial charge in [-0.1, -0.05) is 48.9 Å². The summed E-state index contributed by atoms with van der Waals surface area (Å²) in [5, 5.41) is 8.22. The third-order valence-corrected chi connectivity index (χ3v) is 4.00. The zero-order valence-corrected chi connectivity index (χ0v) is 14.3. The molecule has 0 atom stereocenters. The molecule has 128 valence electrons. The van der Waals surface area contributed by atoms with Crippen LogP contribution in [0, 0.1) is 0 Å². The van der Waals surface area contributed by atoms with Crippen molar-refractivity contribution < 1.29 is 9.59 Å².